The van der Waals surface area contributed by atoms with Gasteiger partial charge in [-0.25, -0.2) is 0 Å². The first-order valence-corrected chi connectivity index (χ1v) is 10.3. The number of likely N-dealkylation sites (N-methyl/N-ethyl adjacent to an activating group) is 1. The Morgan fingerprint density at radius 3 is 2.79 bits per heavy atom. The third-order valence-electron chi connectivity index (χ3n) is 5.76. The molecule has 3 rings (SSSR count). The number of amides is 1. The predicted octanol–water partition coefficient (Wildman–Crippen LogP) is 2.53. The number of carbonyl (C=O) groups is 1. The number of likely N-dealkylation sites (tertiary alicyclic amines) is 1. The maximum Gasteiger partial charge on any atom is 0.222 e. The SMILES string of the molecule is COc1ccc(CCN(C)C2CCCN(C(=O)CCc3cn[nH]c3)C2)cc1OC. The number of carbonyl (C=O) groups excluding carboxylic acids is 1. The summed E-state index contributed by atoms with van der Waals surface area (Å²) in [5.41, 5.74) is 2.30. The highest BCUT2D eigenvalue weighted by atomic mass is 16.5. The molecule has 1 aliphatic heterocycles. The lowest BCUT2D eigenvalue weighted by atomic mass is 10.0. The van der Waals surface area contributed by atoms with Crippen LogP contribution in [0.25, 0.3) is 0 Å². The number of rotatable bonds is 9. The molecule has 1 fully saturated rings. The van der Waals surface area contributed by atoms with Gasteiger partial charge in [0, 0.05) is 38.3 Å². The molecule has 0 saturated carbocycles. The zero-order valence-corrected chi connectivity index (χ0v) is 17.7. The number of hydrogen-bond donors (Lipinski definition) is 1. The topological polar surface area (TPSA) is 70.7 Å². The minimum absolute atomic E-state index is 0.240. The summed E-state index contributed by atoms with van der Waals surface area (Å²) in [6.07, 6.45) is 8.05. The molecule has 1 atom stereocenters. The molecule has 2 heterocycles. The molecule has 1 unspecified atom stereocenters. The van der Waals surface area contributed by atoms with Crippen molar-refractivity contribution in [1.29, 1.82) is 0 Å². The van der Waals surface area contributed by atoms with Gasteiger partial charge in [0.05, 0.1) is 20.4 Å². The molecule has 29 heavy (non-hydrogen) atoms. The van der Waals surface area contributed by atoms with Crippen LogP contribution in [0.15, 0.2) is 30.6 Å². The first kappa shape index (κ1) is 21.2. The second-order valence-electron chi connectivity index (χ2n) is 7.66. The minimum atomic E-state index is 0.240. The fourth-order valence-electron chi connectivity index (χ4n) is 3.89. The molecule has 2 aromatic rings. The Balaban J connectivity index is 1.49. The number of nitrogens with zero attached hydrogens (tertiary/aromatic N) is 3. The largest absolute Gasteiger partial charge is 0.493 e. The van der Waals surface area contributed by atoms with Crippen molar-refractivity contribution in [1.82, 2.24) is 20.0 Å². The average molecular weight is 401 g/mol. The lowest BCUT2D eigenvalue weighted by molar-refractivity contribution is -0.133. The van der Waals surface area contributed by atoms with E-state index in [1.807, 2.05) is 23.2 Å². The Kier molecular flexibility index (Phi) is 7.52. The maximum atomic E-state index is 12.6. The Labute approximate surface area is 173 Å². The Morgan fingerprint density at radius 2 is 2.07 bits per heavy atom. The number of methoxy groups -OCH3 is 2. The van der Waals surface area contributed by atoms with Crippen molar-refractivity contribution in [3.8, 4) is 11.5 Å². The third-order valence-corrected chi connectivity index (χ3v) is 5.76. The van der Waals surface area contributed by atoms with Gasteiger partial charge in [0.2, 0.25) is 5.91 Å². The lowest BCUT2D eigenvalue weighted by Gasteiger charge is -2.38. The first-order chi connectivity index (χ1) is 14.1. The molecule has 7 heteroatoms. The van der Waals surface area contributed by atoms with E-state index in [1.165, 1.54) is 5.56 Å². The summed E-state index contributed by atoms with van der Waals surface area (Å²) in [4.78, 5) is 17.0. The van der Waals surface area contributed by atoms with Crippen LogP contribution in [0, 0.1) is 0 Å². The van der Waals surface area contributed by atoms with Gasteiger partial charge in [0.25, 0.3) is 0 Å². The Bertz CT molecular complexity index is 778. The van der Waals surface area contributed by atoms with Crippen LogP contribution in [0.5, 0.6) is 11.5 Å². The second kappa shape index (κ2) is 10.3. The monoisotopic (exact) mass is 400 g/mol. The normalized spacial score (nSPS) is 16.8. The predicted molar refractivity (Wildman–Crippen MR) is 112 cm³/mol. The number of aromatic nitrogens is 2. The van der Waals surface area contributed by atoms with Gasteiger partial charge in [-0.05, 0) is 56.0 Å². The summed E-state index contributed by atoms with van der Waals surface area (Å²) >= 11 is 0. The molecule has 0 aliphatic carbocycles. The number of nitrogens with one attached hydrogen (secondary N) is 1. The molecular formula is C22H32N4O3. The van der Waals surface area contributed by atoms with Crippen LogP contribution in [0.1, 0.15) is 30.4 Å². The molecule has 7 nitrogen and oxygen atoms in total. The summed E-state index contributed by atoms with van der Waals surface area (Å²) in [5, 5.41) is 6.74. The van der Waals surface area contributed by atoms with E-state index in [9.17, 15) is 4.79 Å². The van der Waals surface area contributed by atoms with E-state index < -0.39 is 0 Å². The molecule has 1 N–H and O–H groups in total. The van der Waals surface area contributed by atoms with Crippen molar-refractivity contribution in [3.63, 3.8) is 0 Å². The van der Waals surface area contributed by atoms with Gasteiger partial charge in [-0.2, -0.15) is 5.10 Å². The number of H-pyrrole nitrogens is 1. The van der Waals surface area contributed by atoms with Gasteiger partial charge < -0.3 is 19.3 Å². The first-order valence-electron chi connectivity index (χ1n) is 10.3. The van der Waals surface area contributed by atoms with Gasteiger partial charge in [-0.15, -0.1) is 0 Å². The van der Waals surface area contributed by atoms with Crippen LogP contribution in [-0.2, 0) is 17.6 Å². The zero-order chi connectivity index (χ0) is 20.6. The fraction of sp³-hybridized carbons (Fsp3) is 0.545. The molecule has 1 aromatic carbocycles. The molecule has 1 amide bonds. The number of hydrogen-bond acceptors (Lipinski definition) is 5. The van der Waals surface area contributed by atoms with Crippen molar-refractivity contribution in [2.45, 2.75) is 38.1 Å². The van der Waals surface area contributed by atoms with E-state index in [0.717, 1.165) is 62.4 Å². The summed E-state index contributed by atoms with van der Waals surface area (Å²) < 4.78 is 10.7. The van der Waals surface area contributed by atoms with Crippen LogP contribution in [0.3, 0.4) is 0 Å². The van der Waals surface area contributed by atoms with Crippen molar-refractivity contribution in [2.75, 3.05) is 40.9 Å². The third kappa shape index (κ3) is 5.73. The van der Waals surface area contributed by atoms with Gasteiger partial charge in [-0.3, -0.25) is 9.89 Å². The summed E-state index contributed by atoms with van der Waals surface area (Å²) in [6.45, 7) is 2.62. The molecule has 0 radical (unpaired) electrons. The van der Waals surface area contributed by atoms with Crippen molar-refractivity contribution in [2.24, 2.45) is 0 Å². The minimum Gasteiger partial charge on any atom is -0.493 e. The Morgan fingerprint density at radius 1 is 1.24 bits per heavy atom. The van der Waals surface area contributed by atoms with E-state index in [4.69, 9.17) is 9.47 Å². The van der Waals surface area contributed by atoms with Crippen molar-refractivity contribution in [3.05, 3.63) is 41.7 Å². The van der Waals surface area contributed by atoms with Gasteiger partial charge in [0.1, 0.15) is 0 Å². The van der Waals surface area contributed by atoms with Crippen LogP contribution >= 0.6 is 0 Å². The number of ether oxygens (including phenoxy) is 2. The number of aromatic amines is 1. The summed E-state index contributed by atoms with van der Waals surface area (Å²) in [5.74, 6) is 1.75. The molecule has 1 saturated heterocycles. The summed E-state index contributed by atoms with van der Waals surface area (Å²) in [6, 6.07) is 6.48. The van der Waals surface area contributed by atoms with Gasteiger partial charge >= 0.3 is 0 Å². The highest BCUT2D eigenvalue weighted by molar-refractivity contribution is 5.76. The van der Waals surface area contributed by atoms with Crippen LogP contribution in [-0.4, -0.2) is 72.8 Å². The molecule has 1 aliphatic rings. The van der Waals surface area contributed by atoms with E-state index in [1.54, 1.807) is 20.4 Å². The van der Waals surface area contributed by atoms with E-state index >= 15 is 0 Å². The van der Waals surface area contributed by atoms with Gasteiger partial charge in [0.15, 0.2) is 11.5 Å². The number of benzene rings is 1. The standard InChI is InChI=1S/C22H32N4O3/c1-25(12-10-17-6-8-20(28-2)21(13-17)29-3)19-5-4-11-26(16-19)22(27)9-7-18-14-23-24-15-18/h6,8,13-15,19H,4-5,7,9-12,16H2,1-3H3,(H,23,24). The van der Waals surface area contributed by atoms with Crippen LogP contribution in [0.2, 0.25) is 0 Å². The molecule has 158 valence electrons. The van der Waals surface area contributed by atoms with E-state index in [2.05, 4.69) is 28.2 Å². The smallest absolute Gasteiger partial charge is 0.222 e. The maximum absolute atomic E-state index is 12.6. The van der Waals surface area contributed by atoms with Crippen LogP contribution in [0.4, 0.5) is 0 Å². The zero-order valence-electron chi connectivity index (χ0n) is 17.7. The highest BCUT2D eigenvalue weighted by Crippen LogP contribution is 2.28. The molecular weight excluding hydrogens is 368 g/mol. The van der Waals surface area contributed by atoms with E-state index in [-0.39, 0.29) is 5.91 Å². The number of aryl methyl sites for hydroxylation is 1. The fourth-order valence-corrected chi connectivity index (χ4v) is 3.89. The van der Waals surface area contributed by atoms with Crippen molar-refractivity contribution >= 4 is 5.91 Å². The van der Waals surface area contributed by atoms with Gasteiger partial charge in [-0.1, -0.05) is 6.07 Å². The van der Waals surface area contributed by atoms with E-state index in [0.29, 0.717) is 12.5 Å². The lowest BCUT2D eigenvalue weighted by Crippen LogP contribution is -2.49. The molecule has 0 spiro atoms. The molecule has 1 aromatic heterocycles. The van der Waals surface area contributed by atoms with Crippen molar-refractivity contribution < 1.29 is 14.3 Å². The highest BCUT2D eigenvalue weighted by Gasteiger charge is 2.26. The average Bonchev–Trinajstić information content (AvgIpc) is 3.29. The summed E-state index contributed by atoms with van der Waals surface area (Å²) in [7, 11) is 5.47. The molecule has 0 bridgehead atoms. The quantitative estimate of drug-likeness (QED) is 0.700. The Hall–Kier alpha value is -2.54. The second-order valence-corrected chi connectivity index (χ2v) is 7.66. The number of piperidine rings is 1. The van der Waals surface area contributed by atoms with Crippen LogP contribution < -0.4 is 9.47 Å².